The van der Waals surface area contributed by atoms with Crippen LogP contribution >= 0.6 is 11.3 Å². The summed E-state index contributed by atoms with van der Waals surface area (Å²) < 4.78 is 5.64. The number of rotatable bonds is 6. The van der Waals surface area contributed by atoms with Crippen LogP contribution in [0.3, 0.4) is 0 Å². The first-order valence-electron chi connectivity index (χ1n) is 6.61. The Balaban J connectivity index is 1.95. The minimum absolute atomic E-state index is 0.00692. The van der Waals surface area contributed by atoms with Crippen LogP contribution in [-0.4, -0.2) is 17.5 Å². The molecule has 0 aliphatic rings. The van der Waals surface area contributed by atoms with Gasteiger partial charge in [-0.25, -0.2) is 4.98 Å². The highest BCUT2D eigenvalue weighted by Crippen LogP contribution is 2.28. The van der Waals surface area contributed by atoms with Crippen molar-refractivity contribution in [3.8, 4) is 5.75 Å². The van der Waals surface area contributed by atoms with Crippen LogP contribution in [-0.2, 0) is 4.79 Å². The van der Waals surface area contributed by atoms with Crippen molar-refractivity contribution in [1.82, 2.24) is 4.98 Å². The van der Waals surface area contributed by atoms with Crippen LogP contribution in [0, 0.1) is 0 Å². The summed E-state index contributed by atoms with van der Waals surface area (Å²) in [4.78, 5) is 15.8. The third-order valence-electron chi connectivity index (χ3n) is 3.10. The number of thiazole rings is 1. The van der Waals surface area contributed by atoms with Gasteiger partial charge in [0.2, 0.25) is 0 Å². The largest absolute Gasteiger partial charge is 0.483 e. The SMILES string of the molecule is CCC(C)c1ccccc1OCC(=O)Nc1nccs1. The van der Waals surface area contributed by atoms with E-state index in [2.05, 4.69) is 24.1 Å². The molecular formula is C15H18N2O2S. The van der Waals surface area contributed by atoms with Gasteiger partial charge in [0.05, 0.1) is 0 Å². The molecular weight excluding hydrogens is 272 g/mol. The molecule has 0 bridgehead atoms. The van der Waals surface area contributed by atoms with Gasteiger partial charge in [-0.15, -0.1) is 11.3 Å². The molecule has 1 amide bonds. The van der Waals surface area contributed by atoms with Crippen molar-refractivity contribution in [3.05, 3.63) is 41.4 Å². The molecule has 0 aliphatic heterocycles. The fourth-order valence-corrected chi connectivity index (χ4v) is 2.37. The number of para-hydroxylation sites is 1. The number of hydrogen-bond donors (Lipinski definition) is 1. The number of hydrogen-bond acceptors (Lipinski definition) is 4. The topological polar surface area (TPSA) is 51.2 Å². The molecule has 4 nitrogen and oxygen atoms in total. The highest BCUT2D eigenvalue weighted by atomic mass is 32.1. The maximum absolute atomic E-state index is 11.8. The lowest BCUT2D eigenvalue weighted by molar-refractivity contribution is -0.118. The van der Waals surface area contributed by atoms with Crippen LogP contribution in [0.25, 0.3) is 0 Å². The van der Waals surface area contributed by atoms with Gasteiger partial charge in [-0.1, -0.05) is 32.0 Å². The predicted octanol–water partition coefficient (Wildman–Crippen LogP) is 3.67. The second kappa shape index (κ2) is 7.05. The molecule has 106 valence electrons. The summed E-state index contributed by atoms with van der Waals surface area (Å²) in [5.41, 5.74) is 1.14. The van der Waals surface area contributed by atoms with Gasteiger partial charge in [0.1, 0.15) is 5.75 Å². The first-order chi connectivity index (χ1) is 9.70. The zero-order valence-electron chi connectivity index (χ0n) is 11.6. The summed E-state index contributed by atoms with van der Waals surface area (Å²) in [5, 5.41) is 5.10. The lowest BCUT2D eigenvalue weighted by Crippen LogP contribution is -2.20. The molecule has 1 heterocycles. The van der Waals surface area contributed by atoms with E-state index in [0.29, 0.717) is 11.0 Å². The highest BCUT2D eigenvalue weighted by molar-refractivity contribution is 7.13. The van der Waals surface area contributed by atoms with E-state index in [9.17, 15) is 4.79 Å². The standard InChI is InChI=1S/C15H18N2O2S/c1-3-11(2)12-6-4-5-7-13(12)19-10-14(18)17-15-16-8-9-20-15/h4-9,11H,3,10H2,1-2H3,(H,16,17,18). The molecule has 1 aromatic carbocycles. The Bertz CT molecular complexity index is 555. The number of carbonyl (C=O) groups is 1. The summed E-state index contributed by atoms with van der Waals surface area (Å²) in [6.45, 7) is 4.28. The molecule has 0 radical (unpaired) electrons. The number of amides is 1. The number of ether oxygens (including phenoxy) is 1. The van der Waals surface area contributed by atoms with Crippen molar-refractivity contribution < 1.29 is 9.53 Å². The number of nitrogens with zero attached hydrogens (tertiary/aromatic N) is 1. The van der Waals surface area contributed by atoms with E-state index in [1.807, 2.05) is 29.6 Å². The molecule has 0 saturated carbocycles. The predicted molar refractivity (Wildman–Crippen MR) is 81.4 cm³/mol. The summed E-state index contributed by atoms with van der Waals surface area (Å²) in [6.07, 6.45) is 2.69. The van der Waals surface area contributed by atoms with Gasteiger partial charge in [-0.3, -0.25) is 10.1 Å². The van der Waals surface area contributed by atoms with E-state index in [-0.39, 0.29) is 12.5 Å². The van der Waals surface area contributed by atoms with E-state index >= 15 is 0 Å². The van der Waals surface area contributed by atoms with E-state index in [1.165, 1.54) is 11.3 Å². The Kier molecular flexibility index (Phi) is 5.12. The molecule has 20 heavy (non-hydrogen) atoms. The summed E-state index contributed by atoms with van der Waals surface area (Å²) in [6, 6.07) is 7.85. The van der Waals surface area contributed by atoms with Gasteiger partial charge in [-0.05, 0) is 24.0 Å². The molecule has 0 spiro atoms. The van der Waals surface area contributed by atoms with Crippen molar-refractivity contribution in [2.24, 2.45) is 0 Å². The van der Waals surface area contributed by atoms with Crippen LogP contribution < -0.4 is 10.1 Å². The first-order valence-corrected chi connectivity index (χ1v) is 7.49. The summed E-state index contributed by atoms with van der Waals surface area (Å²) in [5.74, 6) is 0.989. The Morgan fingerprint density at radius 1 is 1.45 bits per heavy atom. The summed E-state index contributed by atoms with van der Waals surface area (Å²) >= 11 is 1.39. The Morgan fingerprint density at radius 3 is 2.95 bits per heavy atom. The quantitative estimate of drug-likeness (QED) is 0.883. The Morgan fingerprint density at radius 2 is 2.25 bits per heavy atom. The normalized spacial score (nSPS) is 11.9. The average molecular weight is 290 g/mol. The average Bonchev–Trinajstić information content (AvgIpc) is 2.97. The van der Waals surface area contributed by atoms with Crippen molar-refractivity contribution in [3.63, 3.8) is 0 Å². The lowest BCUT2D eigenvalue weighted by atomic mass is 9.98. The van der Waals surface area contributed by atoms with E-state index in [0.717, 1.165) is 17.7 Å². The third kappa shape index (κ3) is 3.81. The molecule has 1 aromatic heterocycles. The minimum atomic E-state index is -0.195. The van der Waals surface area contributed by atoms with Gasteiger partial charge >= 0.3 is 0 Å². The second-order valence-corrected chi connectivity index (χ2v) is 5.42. The maximum atomic E-state index is 11.8. The Labute approximate surface area is 122 Å². The van der Waals surface area contributed by atoms with E-state index < -0.39 is 0 Å². The molecule has 1 atom stereocenters. The fraction of sp³-hybridized carbons (Fsp3) is 0.333. The molecule has 0 aliphatic carbocycles. The van der Waals surface area contributed by atoms with E-state index in [4.69, 9.17) is 4.74 Å². The van der Waals surface area contributed by atoms with Crippen LogP contribution in [0.5, 0.6) is 5.75 Å². The third-order valence-corrected chi connectivity index (χ3v) is 3.79. The van der Waals surface area contributed by atoms with Crippen molar-refractivity contribution >= 4 is 22.4 Å². The zero-order chi connectivity index (χ0) is 14.4. The molecule has 1 unspecified atom stereocenters. The minimum Gasteiger partial charge on any atom is -0.483 e. The monoisotopic (exact) mass is 290 g/mol. The maximum Gasteiger partial charge on any atom is 0.264 e. The fourth-order valence-electron chi connectivity index (χ4n) is 1.82. The van der Waals surface area contributed by atoms with Crippen LogP contribution in [0.4, 0.5) is 5.13 Å². The van der Waals surface area contributed by atoms with Gasteiger partial charge < -0.3 is 4.74 Å². The van der Waals surface area contributed by atoms with Gasteiger partial charge in [0.25, 0.3) is 5.91 Å². The Hall–Kier alpha value is -1.88. The van der Waals surface area contributed by atoms with Crippen molar-refractivity contribution in [2.75, 3.05) is 11.9 Å². The highest BCUT2D eigenvalue weighted by Gasteiger charge is 2.11. The number of aromatic nitrogens is 1. The van der Waals surface area contributed by atoms with Crippen LogP contribution in [0.1, 0.15) is 31.7 Å². The number of anilines is 1. The first kappa shape index (κ1) is 14.5. The van der Waals surface area contributed by atoms with Gasteiger partial charge in [0.15, 0.2) is 11.7 Å². The van der Waals surface area contributed by atoms with Crippen LogP contribution in [0.15, 0.2) is 35.8 Å². The van der Waals surface area contributed by atoms with Gasteiger partial charge in [0, 0.05) is 11.6 Å². The smallest absolute Gasteiger partial charge is 0.264 e. The molecule has 0 fully saturated rings. The molecule has 0 saturated heterocycles. The number of nitrogens with one attached hydrogen (secondary N) is 1. The molecule has 2 aromatic rings. The number of carbonyl (C=O) groups excluding carboxylic acids is 1. The molecule has 5 heteroatoms. The summed E-state index contributed by atoms with van der Waals surface area (Å²) in [7, 11) is 0. The van der Waals surface area contributed by atoms with Crippen molar-refractivity contribution in [2.45, 2.75) is 26.2 Å². The lowest BCUT2D eigenvalue weighted by Gasteiger charge is -2.15. The van der Waals surface area contributed by atoms with Crippen molar-refractivity contribution in [1.29, 1.82) is 0 Å². The second-order valence-electron chi connectivity index (χ2n) is 4.52. The number of benzene rings is 1. The van der Waals surface area contributed by atoms with Crippen LogP contribution in [0.2, 0.25) is 0 Å². The van der Waals surface area contributed by atoms with E-state index in [1.54, 1.807) is 6.20 Å². The zero-order valence-corrected chi connectivity index (χ0v) is 12.4. The molecule has 1 N–H and O–H groups in total. The molecule has 2 rings (SSSR count). The van der Waals surface area contributed by atoms with Gasteiger partial charge in [-0.2, -0.15) is 0 Å².